The van der Waals surface area contributed by atoms with Gasteiger partial charge in [0, 0.05) is 19.5 Å². The van der Waals surface area contributed by atoms with E-state index < -0.39 is 11.8 Å². The molecule has 4 nitrogen and oxygen atoms in total. The summed E-state index contributed by atoms with van der Waals surface area (Å²) in [7, 11) is 0. The Hall–Kier alpha value is -1.93. The van der Waals surface area contributed by atoms with Crippen molar-refractivity contribution in [3.8, 4) is 6.07 Å². The zero-order valence-corrected chi connectivity index (χ0v) is 11.9. The van der Waals surface area contributed by atoms with Gasteiger partial charge in [0.2, 0.25) is 0 Å². The van der Waals surface area contributed by atoms with Gasteiger partial charge in [-0.05, 0) is 49.4 Å². The van der Waals surface area contributed by atoms with Crippen molar-refractivity contribution in [2.75, 3.05) is 13.1 Å². The molecule has 1 aliphatic rings. The Bertz CT molecular complexity index is 554. The van der Waals surface area contributed by atoms with Gasteiger partial charge in [-0.1, -0.05) is 6.07 Å². The van der Waals surface area contributed by atoms with Crippen molar-refractivity contribution in [1.82, 2.24) is 4.90 Å². The van der Waals surface area contributed by atoms with Crippen LogP contribution in [-0.4, -0.2) is 29.1 Å². The zero-order valence-electron chi connectivity index (χ0n) is 11.9. The van der Waals surface area contributed by atoms with Crippen molar-refractivity contribution in [3.05, 3.63) is 35.1 Å². The number of piperidine rings is 1. The van der Waals surface area contributed by atoms with Gasteiger partial charge in [-0.3, -0.25) is 9.69 Å². The third-order valence-electron chi connectivity index (χ3n) is 3.96. The number of carbonyl (C=O) groups is 1. The minimum atomic E-state index is -0.752. The number of halogens is 1. The standard InChI is InChI=1S/C16H19FN2O2/c17-15-5-4-13(14(8-15)9-18)11-19-7-1-2-12(10-19)3-6-16(20)21/h4-5,8,12H,1-3,6-7,10-11H2,(H,20,21). The topological polar surface area (TPSA) is 64.3 Å². The van der Waals surface area contributed by atoms with Crippen molar-refractivity contribution in [1.29, 1.82) is 5.26 Å². The Morgan fingerprint density at radius 2 is 2.33 bits per heavy atom. The number of nitriles is 1. The van der Waals surface area contributed by atoms with Crippen LogP contribution in [0.5, 0.6) is 0 Å². The van der Waals surface area contributed by atoms with E-state index >= 15 is 0 Å². The van der Waals surface area contributed by atoms with Crippen LogP contribution in [0.4, 0.5) is 4.39 Å². The molecule has 0 spiro atoms. The van der Waals surface area contributed by atoms with E-state index in [1.165, 1.54) is 12.1 Å². The average Bonchev–Trinajstić information content (AvgIpc) is 2.47. The number of carboxylic acids is 1. The van der Waals surface area contributed by atoms with Crippen LogP contribution >= 0.6 is 0 Å². The number of carboxylic acid groups (broad SMARTS) is 1. The van der Waals surface area contributed by atoms with Crippen molar-refractivity contribution in [3.63, 3.8) is 0 Å². The first-order chi connectivity index (χ1) is 10.1. The quantitative estimate of drug-likeness (QED) is 0.905. The van der Waals surface area contributed by atoms with Crippen molar-refractivity contribution < 1.29 is 14.3 Å². The molecule has 0 amide bonds. The number of aliphatic carboxylic acids is 1. The predicted octanol–water partition coefficient (Wildman–Crippen LogP) is 2.77. The molecular formula is C16H19FN2O2. The van der Waals surface area contributed by atoms with Gasteiger partial charge in [0.1, 0.15) is 5.82 Å². The molecule has 1 aliphatic heterocycles. The maximum atomic E-state index is 13.1. The summed E-state index contributed by atoms with van der Waals surface area (Å²) in [5.41, 5.74) is 1.21. The zero-order chi connectivity index (χ0) is 15.2. The highest BCUT2D eigenvalue weighted by atomic mass is 19.1. The summed E-state index contributed by atoms with van der Waals surface area (Å²) in [6.07, 6.45) is 2.99. The molecule has 1 N–H and O–H groups in total. The second kappa shape index (κ2) is 7.19. The number of hydrogen-bond acceptors (Lipinski definition) is 3. The van der Waals surface area contributed by atoms with Crippen LogP contribution in [0.25, 0.3) is 0 Å². The SMILES string of the molecule is N#Cc1cc(F)ccc1CN1CCCC(CCC(=O)O)C1. The Morgan fingerprint density at radius 3 is 3.05 bits per heavy atom. The lowest BCUT2D eigenvalue weighted by Gasteiger charge is -2.32. The number of rotatable bonds is 5. The molecule has 0 aromatic heterocycles. The first-order valence-electron chi connectivity index (χ1n) is 7.21. The van der Waals surface area contributed by atoms with Crippen LogP contribution in [0.15, 0.2) is 18.2 Å². The molecule has 21 heavy (non-hydrogen) atoms. The summed E-state index contributed by atoms with van der Waals surface area (Å²) >= 11 is 0. The average molecular weight is 290 g/mol. The van der Waals surface area contributed by atoms with E-state index in [9.17, 15) is 9.18 Å². The molecule has 0 radical (unpaired) electrons. The van der Waals surface area contributed by atoms with E-state index in [1.807, 2.05) is 6.07 Å². The highest BCUT2D eigenvalue weighted by Crippen LogP contribution is 2.23. The van der Waals surface area contributed by atoms with Gasteiger partial charge in [-0.25, -0.2) is 4.39 Å². The normalized spacial score (nSPS) is 19.1. The molecule has 1 unspecified atom stereocenters. The minimum absolute atomic E-state index is 0.207. The number of hydrogen-bond donors (Lipinski definition) is 1. The highest BCUT2D eigenvalue weighted by Gasteiger charge is 2.21. The molecule has 0 saturated carbocycles. The molecular weight excluding hydrogens is 271 g/mol. The molecule has 0 aliphatic carbocycles. The molecule has 5 heteroatoms. The molecule has 1 fully saturated rings. The molecule has 0 bridgehead atoms. The molecule has 1 aromatic carbocycles. The Morgan fingerprint density at radius 1 is 1.52 bits per heavy atom. The lowest BCUT2D eigenvalue weighted by molar-refractivity contribution is -0.137. The lowest BCUT2D eigenvalue weighted by atomic mass is 9.93. The van der Waals surface area contributed by atoms with Crippen LogP contribution in [-0.2, 0) is 11.3 Å². The summed E-state index contributed by atoms with van der Waals surface area (Å²) in [6.45, 7) is 2.40. The van der Waals surface area contributed by atoms with E-state index in [2.05, 4.69) is 4.90 Å². The molecule has 1 atom stereocenters. The Kier molecular flexibility index (Phi) is 5.29. The van der Waals surface area contributed by atoms with Crippen LogP contribution in [0.2, 0.25) is 0 Å². The summed E-state index contributed by atoms with van der Waals surface area (Å²) in [5, 5.41) is 17.8. The van der Waals surface area contributed by atoms with E-state index in [-0.39, 0.29) is 6.42 Å². The summed E-state index contributed by atoms with van der Waals surface area (Å²) in [6, 6.07) is 6.34. The largest absolute Gasteiger partial charge is 0.481 e. The molecule has 1 aromatic rings. The smallest absolute Gasteiger partial charge is 0.303 e. The van der Waals surface area contributed by atoms with Crippen LogP contribution in [0.3, 0.4) is 0 Å². The number of nitrogens with zero attached hydrogens (tertiary/aromatic N) is 2. The van der Waals surface area contributed by atoms with Crippen molar-refractivity contribution in [2.24, 2.45) is 5.92 Å². The summed E-state index contributed by atoms with van der Waals surface area (Å²) in [4.78, 5) is 12.9. The Balaban J connectivity index is 1.96. The van der Waals surface area contributed by atoms with Crippen LogP contribution < -0.4 is 0 Å². The number of likely N-dealkylation sites (tertiary alicyclic amines) is 1. The maximum absolute atomic E-state index is 13.1. The summed E-state index contributed by atoms with van der Waals surface area (Å²) < 4.78 is 13.1. The predicted molar refractivity (Wildman–Crippen MR) is 76.0 cm³/mol. The molecule has 112 valence electrons. The fourth-order valence-corrected chi connectivity index (χ4v) is 2.89. The van der Waals surface area contributed by atoms with Crippen molar-refractivity contribution >= 4 is 5.97 Å². The van der Waals surface area contributed by atoms with Gasteiger partial charge >= 0.3 is 5.97 Å². The summed E-state index contributed by atoms with van der Waals surface area (Å²) in [5.74, 6) is -0.758. The van der Waals surface area contributed by atoms with Gasteiger partial charge in [0.15, 0.2) is 0 Å². The molecule has 1 saturated heterocycles. The van der Waals surface area contributed by atoms with Crippen LogP contribution in [0.1, 0.15) is 36.8 Å². The third kappa shape index (κ3) is 4.54. The number of benzene rings is 1. The first kappa shape index (κ1) is 15.5. The fraction of sp³-hybridized carbons (Fsp3) is 0.500. The lowest BCUT2D eigenvalue weighted by Crippen LogP contribution is -2.35. The van der Waals surface area contributed by atoms with Gasteiger partial charge in [-0.2, -0.15) is 5.26 Å². The highest BCUT2D eigenvalue weighted by molar-refractivity contribution is 5.66. The van der Waals surface area contributed by atoms with E-state index in [1.54, 1.807) is 6.07 Å². The second-order valence-corrected chi connectivity index (χ2v) is 5.59. The Labute approximate surface area is 123 Å². The van der Waals surface area contributed by atoms with Gasteiger partial charge in [-0.15, -0.1) is 0 Å². The maximum Gasteiger partial charge on any atom is 0.303 e. The fourth-order valence-electron chi connectivity index (χ4n) is 2.89. The van der Waals surface area contributed by atoms with Gasteiger partial charge in [0.05, 0.1) is 11.6 Å². The van der Waals surface area contributed by atoms with Gasteiger partial charge in [0.25, 0.3) is 0 Å². The van der Waals surface area contributed by atoms with E-state index in [0.29, 0.717) is 24.4 Å². The monoisotopic (exact) mass is 290 g/mol. The van der Waals surface area contributed by atoms with Crippen molar-refractivity contribution in [2.45, 2.75) is 32.2 Å². The molecule has 1 heterocycles. The second-order valence-electron chi connectivity index (χ2n) is 5.59. The minimum Gasteiger partial charge on any atom is -0.481 e. The van der Waals surface area contributed by atoms with E-state index in [4.69, 9.17) is 10.4 Å². The van der Waals surface area contributed by atoms with Gasteiger partial charge < -0.3 is 5.11 Å². The van der Waals surface area contributed by atoms with Crippen LogP contribution in [0, 0.1) is 23.1 Å². The molecule has 2 rings (SSSR count). The van der Waals surface area contributed by atoms with E-state index in [0.717, 1.165) is 31.5 Å². The first-order valence-corrected chi connectivity index (χ1v) is 7.21. The third-order valence-corrected chi connectivity index (χ3v) is 3.96.